The van der Waals surface area contributed by atoms with Gasteiger partial charge < -0.3 is 4.74 Å². The summed E-state index contributed by atoms with van der Waals surface area (Å²) in [6.07, 6.45) is 2.26. The molecule has 1 aliphatic rings. The average Bonchev–Trinajstić information content (AvgIpc) is 2.69. The summed E-state index contributed by atoms with van der Waals surface area (Å²) in [6.45, 7) is 4.14. The maximum absolute atomic E-state index is 12.9. The number of rotatable bonds is 1. The number of halogens is 2. The van der Waals surface area contributed by atoms with E-state index in [0.717, 1.165) is 10.9 Å². The number of aromatic nitrogens is 3. The van der Waals surface area contributed by atoms with Gasteiger partial charge in [-0.15, -0.1) is 0 Å². The highest BCUT2D eigenvalue weighted by Crippen LogP contribution is 2.40. The van der Waals surface area contributed by atoms with Crippen molar-refractivity contribution in [2.45, 2.75) is 32.4 Å². The molecule has 4 nitrogen and oxygen atoms in total. The van der Waals surface area contributed by atoms with E-state index < -0.39 is 0 Å². The van der Waals surface area contributed by atoms with Crippen molar-refractivity contribution in [3.8, 4) is 17.3 Å². The number of nitrogens with zero attached hydrogens (tertiary/aromatic N) is 3. The fraction of sp³-hybridized carbons (Fsp3) is 0.385. The lowest BCUT2D eigenvalue weighted by atomic mass is 10.1. The Morgan fingerprint density at radius 3 is 2.89 bits per heavy atom. The zero-order valence-corrected chi connectivity index (χ0v) is 12.2. The Balaban J connectivity index is 2.09. The molecule has 3 rings (SSSR count). The molecular weight excluding hydrogens is 313 g/mol. The number of pyridine rings is 1. The van der Waals surface area contributed by atoms with Crippen LogP contribution in [0.4, 0.5) is 4.39 Å². The van der Waals surface area contributed by atoms with Gasteiger partial charge >= 0.3 is 0 Å². The summed E-state index contributed by atoms with van der Waals surface area (Å²) in [4.78, 5) is 4.06. The first-order valence-corrected chi connectivity index (χ1v) is 6.92. The standard InChI is InChI=1S/C13H13BrFN3O/c1-7-5-8(2)19-13-11(14)12(17-18(7)13)10-4-3-9(15)6-16-10/h3-4,6-8H,5H2,1-2H3/t7-,8-/m1/s1. The van der Waals surface area contributed by atoms with Crippen molar-refractivity contribution in [2.24, 2.45) is 0 Å². The van der Waals surface area contributed by atoms with E-state index in [0.29, 0.717) is 17.3 Å². The van der Waals surface area contributed by atoms with Gasteiger partial charge in [0.25, 0.3) is 0 Å². The minimum Gasteiger partial charge on any atom is -0.474 e. The molecule has 6 heteroatoms. The zero-order valence-electron chi connectivity index (χ0n) is 10.6. The molecule has 0 amide bonds. The van der Waals surface area contributed by atoms with Gasteiger partial charge in [0.2, 0.25) is 5.88 Å². The van der Waals surface area contributed by atoms with Gasteiger partial charge in [-0.25, -0.2) is 9.07 Å². The van der Waals surface area contributed by atoms with Crippen molar-refractivity contribution in [1.82, 2.24) is 14.8 Å². The zero-order chi connectivity index (χ0) is 13.6. The first kappa shape index (κ1) is 12.6. The summed E-state index contributed by atoms with van der Waals surface area (Å²) in [5.74, 6) is 0.356. The van der Waals surface area contributed by atoms with E-state index >= 15 is 0 Å². The van der Waals surface area contributed by atoms with Crippen molar-refractivity contribution in [1.29, 1.82) is 0 Å². The Labute approximate surface area is 118 Å². The van der Waals surface area contributed by atoms with Crippen LogP contribution in [0.25, 0.3) is 11.4 Å². The Morgan fingerprint density at radius 2 is 2.21 bits per heavy atom. The molecule has 2 aromatic rings. The summed E-state index contributed by atoms with van der Waals surface area (Å²) >= 11 is 3.51. The van der Waals surface area contributed by atoms with E-state index in [1.54, 1.807) is 6.07 Å². The number of hydrogen-bond acceptors (Lipinski definition) is 3. The van der Waals surface area contributed by atoms with Gasteiger partial charge in [-0.3, -0.25) is 4.98 Å². The van der Waals surface area contributed by atoms with Crippen LogP contribution in [-0.4, -0.2) is 20.9 Å². The summed E-state index contributed by atoms with van der Waals surface area (Å²) in [5.41, 5.74) is 1.30. The lowest BCUT2D eigenvalue weighted by Crippen LogP contribution is -2.26. The maximum atomic E-state index is 12.9. The summed E-state index contributed by atoms with van der Waals surface area (Å²) in [7, 11) is 0. The average molecular weight is 326 g/mol. The van der Waals surface area contributed by atoms with E-state index in [2.05, 4.69) is 32.9 Å². The third-order valence-corrected chi connectivity index (χ3v) is 3.90. The van der Waals surface area contributed by atoms with Crippen LogP contribution in [0, 0.1) is 5.82 Å². The molecule has 0 aliphatic carbocycles. The molecule has 100 valence electrons. The van der Waals surface area contributed by atoms with Crippen molar-refractivity contribution >= 4 is 15.9 Å². The van der Waals surface area contributed by atoms with Crippen LogP contribution in [0.1, 0.15) is 26.3 Å². The molecule has 0 fully saturated rings. The smallest absolute Gasteiger partial charge is 0.227 e. The third kappa shape index (κ3) is 2.14. The topological polar surface area (TPSA) is 39.9 Å². The fourth-order valence-corrected chi connectivity index (χ4v) is 2.86. The van der Waals surface area contributed by atoms with Crippen LogP contribution in [0.5, 0.6) is 5.88 Å². The van der Waals surface area contributed by atoms with Crippen LogP contribution < -0.4 is 4.74 Å². The van der Waals surface area contributed by atoms with Gasteiger partial charge in [0, 0.05) is 6.42 Å². The first-order chi connectivity index (χ1) is 9.06. The van der Waals surface area contributed by atoms with Gasteiger partial charge in [0.15, 0.2) is 0 Å². The highest BCUT2D eigenvalue weighted by atomic mass is 79.9. The van der Waals surface area contributed by atoms with Gasteiger partial charge in [-0.05, 0) is 41.9 Å². The highest BCUT2D eigenvalue weighted by Gasteiger charge is 2.28. The van der Waals surface area contributed by atoms with E-state index in [9.17, 15) is 4.39 Å². The maximum Gasteiger partial charge on any atom is 0.227 e. The highest BCUT2D eigenvalue weighted by molar-refractivity contribution is 9.10. The Kier molecular flexibility index (Phi) is 3.05. The van der Waals surface area contributed by atoms with E-state index in [1.807, 2.05) is 11.6 Å². The van der Waals surface area contributed by atoms with Crippen LogP contribution in [0.2, 0.25) is 0 Å². The van der Waals surface area contributed by atoms with Crippen LogP contribution in [0.15, 0.2) is 22.8 Å². The molecule has 0 saturated carbocycles. The molecule has 0 saturated heterocycles. The van der Waals surface area contributed by atoms with Crippen LogP contribution in [0.3, 0.4) is 0 Å². The van der Waals surface area contributed by atoms with E-state index in [-0.39, 0.29) is 18.0 Å². The summed E-state index contributed by atoms with van der Waals surface area (Å²) in [5, 5.41) is 4.53. The van der Waals surface area contributed by atoms with Gasteiger partial charge in [-0.1, -0.05) is 0 Å². The second kappa shape index (κ2) is 4.59. The normalized spacial score (nSPS) is 21.9. The Hall–Kier alpha value is -1.43. The molecule has 0 bridgehead atoms. The molecule has 0 radical (unpaired) electrons. The minimum absolute atomic E-state index is 0.157. The van der Waals surface area contributed by atoms with Crippen LogP contribution >= 0.6 is 15.9 Å². The molecule has 1 aliphatic heterocycles. The molecule has 19 heavy (non-hydrogen) atoms. The molecule has 0 N–H and O–H groups in total. The molecule has 0 unspecified atom stereocenters. The largest absolute Gasteiger partial charge is 0.474 e. The molecule has 3 heterocycles. The van der Waals surface area contributed by atoms with E-state index in [1.165, 1.54) is 12.3 Å². The number of ether oxygens (including phenoxy) is 1. The van der Waals surface area contributed by atoms with Crippen molar-refractivity contribution in [3.63, 3.8) is 0 Å². The second-order valence-corrected chi connectivity index (χ2v) is 5.58. The molecule has 0 spiro atoms. The number of fused-ring (bicyclic) bond motifs is 1. The predicted octanol–water partition coefficient (Wildman–Crippen LogP) is 3.58. The van der Waals surface area contributed by atoms with E-state index in [4.69, 9.17) is 4.74 Å². The first-order valence-electron chi connectivity index (χ1n) is 6.13. The molecule has 2 atom stereocenters. The Bertz CT molecular complexity index is 611. The molecule has 0 aromatic carbocycles. The second-order valence-electron chi connectivity index (χ2n) is 4.79. The van der Waals surface area contributed by atoms with Gasteiger partial charge in [-0.2, -0.15) is 5.10 Å². The molecule has 2 aromatic heterocycles. The lowest BCUT2D eigenvalue weighted by Gasteiger charge is -2.26. The van der Waals surface area contributed by atoms with Gasteiger partial charge in [0.1, 0.15) is 16.0 Å². The number of hydrogen-bond donors (Lipinski definition) is 0. The quantitative estimate of drug-likeness (QED) is 0.804. The minimum atomic E-state index is -0.359. The van der Waals surface area contributed by atoms with Crippen molar-refractivity contribution < 1.29 is 9.13 Å². The van der Waals surface area contributed by atoms with Crippen LogP contribution in [-0.2, 0) is 0 Å². The van der Waals surface area contributed by atoms with Gasteiger partial charge in [0.05, 0.1) is 24.0 Å². The lowest BCUT2D eigenvalue weighted by molar-refractivity contribution is 0.125. The third-order valence-electron chi connectivity index (χ3n) is 3.18. The SMILES string of the molecule is C[C@@H]1C[C@@H](C)n2nc(-c3ccc(F)cn3)c(Br)c2O1. The predicted molar refractivity (Wildman–Crippen MR) is 72.5 cm³/mol. The van der Waals surface area contributed by atoms with Crippen molar-refractivity contribution in [2.75, 3.05) is 0 Å². The van der Waals surface area contributed by atoms with Crippen molar-refractivity contribution in [3.05, 3.63) is 28.6 Å². The monoisotopic (exact) mass is 325 g/mol. The summed E-state index contributed by atoms with van der Waals surface area (Å²) < 4.78 is 21.3. The molecular formula is C13H13BrFN3O. The fourth-order valence-electron chi connectivity index (χ4n) is 2.30. The Morgan fingerprint density at radius 1 is 1.42 bits per heavy atom. The summed E-state index contributed by atoms with van der Waals surface area (Å²) in [6, 6.07) is 3.26.